The third-order valence-electron chi connectivity index (χ3n) is 6.21. The van der Waals surface area contributed by atoms with Gasteiger partial charge in [0, 0.05) is 18.7 Å². The molecule has 2 aliphatic heterocycles. The fourth-order valence-corrected chi connectivity index (χ4v) is 4.79. The lowest BCUT2D eigenvalue weighted by molar-refractivity contribution is -0.921. The smallest absolute Gasteiger partial charge is 0.231 e. The first-order valence-electron chi connectivity index (χ1n) is 10.4. The molecular weight excluding hydrogens is 320 g/mol. The maximum atomic E-state index is 13.0. The molecule has 2 aromatic carbocycles. The standard InChI is InChI=1S/C23H30N2O/c26-23(25-15-5-1-2-6-16-25)21-12-8-14-24(18-21)17-20-11-7-10-19-9-3-4-13-22(19)20/h3-4,7,9-11,13,21H,1-2,5-6,8,12,14-18H2/p+1/t21-/m1/s1. The molecule has 2 aromatic rings. The number of nitrogens with one attached hydrogen (secondary N) is 1. The predicted octanol–water partition coefficient (Wildman–Crippen LogP) is 3.04. The van der Waals surface area contributed by atoms with Crippen molar-refractivity contribution in [2.45, 2.75) is 45.1 Å². The summed E-state index contributed by atoms with van der Waals surface area (Å²) >= 11 is 0. The summed E-state index contributed by atoms with van der Waals surface area (Å²) in [6, 6.07) is 15.3. The van der Waals surface area contributed by atoms with Crippen LogP contribution >= 0.6 is 0 Å². The number of rotatable bonds is 3. The number of hydrogen-bond acceptors (Lipinski definition) is 1. The Hall–Kier alpha value is -1.87. The molecule has 0 bridgehead atoms. The van der Waals surface area contributed by atoms with Gasteiger partial charge in [0.2, 0.25) is 5.91 Å². The van der Waals surface area contributed by atoms with Gasteiger partial charge in [-0.25, -0.2) is 0 Å². The molecule has 0 aliphatic carbocycles. The molecule has 0 saturated carbocycles. The van der Waals surface area contributed by atoms with Crippen LogP contribution in [0.4, 0.5) is 0 Å². The molecule has 138 valence electrons. The van der Waals surface area contributed by atoms with Gasteiger partial charge in [-0.2, -0.15) is 0 Å². The summed E-state index contributed by atoms with van der Waals surface area (Å²) in [5.74, 6) is 0.661. The highest BCUT2D eigenvalue weighted by Crippen LogP contribution is 2.19. The van der Waals surface area contributed by atoms with Gasteiger partial charge in [-0.1, -0.05) is 55.3 Å². The van der Waals surface area contributed by atoms with Crippen LogP contribution in [0.2, 0.25) is 0 Å². The molecule has 3 heteroatoms. The van der Waals surface area contributed by atoms with Crippen LogP contribution in [0.1, 0.15) is 44.1 Å². The molecule has 2 fully saturated rings. The summed E-state index contributed by atoms with van der Waals surface area (Å²) in [5.41, 5.74) is 1.42. The third kappa shape index (κ3) is 3.93. The van der Waals surface area contributed by atoms with E-state index >= 15 is 0 Å². The van der Waals surface area contributed by atoms with Gasteiger partial charge < -0.3 is 9.80 Å². The summed E-state index contributed by atoms with van der Waals surface area (Å²) < 4.78 is 0. The van der Waals surface area contributed by atoms with Crippen molar-refractivity contribution in [1.82, 2.24) is 4.90 Å². The molecule has 0 radical (unpaired) electrons. The van der Waals surface area contributed by atoms with E-state index in [1.54, 1.807) is 4.90 Å². The zero-order valence-corrected chi connectivity index (χ0v) is 15.8. The summed E-state index contributed by atoms with van der Waals surface area (Å²) in [6.07, 6.45) is 7.19. The molecule has 2 heterocycles. The molecule has 26 heavy (non-hydrogen) atoms. The van der Waals surface area contributed by atoms with Crippen LogP contribution in [0.25, 0.3) is 10.8 Å². The molecule has 4 rings (SSSR count). The monoisotopic (exact) mass is 351 g/mol. The average molecular weight is 352 g/mol. The fourth-order valence-electron chi connectivity index (χ4n) is 4.79. The van der Waals surface area contributed by atoms with E-state index in [0.717, 1.165) is 32.6 Å². The van der Waals surface area contributed by atoms with Gasteiger partial charge >= 0.3 is 0 Å². The van der Waals surface area contributed by atoms with Crippen molar-refractivity contribution in [2.24, 2.45) is 5.92 Å². The van der Waals surface area contributed by atoms with E-state index in [4.69, 9.17) is 0 Å². The second-order valence-corrected chi connectivity index (χ2v) is 8.10. The van der Waals surface area contributed by atoms with Crippen LogP contribution in [0.5, 0.6) is 0 Å². The molecule has 2 saturated heterocycles. The number of fused-ring (bicyclic) bond motifs is 1. The molecule has 0 aromatic heterocycles. The fraction of sp³-hybridized carbons (Fsp3) is 0.522. The van der Waals surface area contributed by atoms with Crippen LogP contribution in [0.15, 0.2) is 42.5 Å². The SMILES string of the molecule is O=C([C@@H]1CCC[NH+](Cc2cccc3ccccc23)C1)N1CCCCCC1. The first kappa shape index (κ1) is 17.5. The Morgan fingerprint density at radius 2 is 1.73 bits per heavy atom. The minimum atomic E-state index is 0.229. The van der Waals surface area contributed by atoms with Crippen molar-refractivity contribution in [3.63, 3.8) is 0 Å². The molecule has 0 spiro atoms. The second-order valence-electron chi connectivity index (χ2n) is 8.10. The molecule has 2 atom stereocenters. The Labute approximate surface area is 157 Å². The summed E-state index contributed by atoms with van der Waals surface area (Å²) in [4.78, 5) is 16.8. The van der Waals surface area contributed by atoms with E-state index in [0.29, 0.717) is 5.91 Å². The Morgan fingerprint density at radius 1 is 0.962 bits per heavy atom. The molecule has 1 unspecified atom stereocenters. The number of carbonyl (C=O) groups excluding carboxylic acids is 1. The normalized spacial score (nSPS) is 24.4. The number of quaternary nitrogens is 1. The predicted molar refractivity (Wildman–Crippen MR) is 106 cm³/mol. The molecule has 1 N–H and O–H groups in total. The van der Waals surface area contributed by atoms with Crippen molar-refractivity contribution in [2.75, 3.05) is 26.2 Å². The molecular formula is C23H31N2O+. The number of amides is 1. The molecule has 3 nitrogen and oxygen atoms in total. The van der Waals surface area contributed by atoms with Crippen LogP contribution in [0.3, 0.4) is 0 Å². The number of hydrogen-bond donors (Lipinski definition) is 1. The number of benzene rings is 2. The van der Waals surface area contributed by atoms with Gasteiger partial charge in [0.05, 0.1) is 19.0 Å². The van der Waals surface area contributed by atoms with Crippen LogP contribution in [0, 0.1) is 5.92 Å². The van der Waals surface area contributed by atoms with E-state index in [1.165, 1.54) is 55.0 Å². The highest BCUT2D eigenvalue weighted by Gasteiger charge is 2.32. The van der Waals surface area contributed by atoms with E-state index in [2.05, 4.69) is 47.4 Å². The largest absolute Gasteiger partial charge is 0.342 e. The first-order valence-corrected chi connectivity index (χ1v) is 10.4. The summed E-state index contributed by atoms with van der Waals surface area (Å²) in [7, 11) is 0. The van der Waals surface area contributed by atoms with Crippen molar-refractivity contribution < 1.29 is 9.69 Å². The third-order valence-corrected chi connectivity index (χ3v) is 6.21. The maximum absolute atomic E-state index is 13.0. The number of nitrogens with zero attached hydrogens (tertiary/aromatic N) is 1. The van der Waals surface area contributed by atoms with Crippen molar-refractivity contribution in [3.8, 4) is 0 Å². The Morgan fingerprint density at radius 3 is 2.58 bits per heavy atom. The van der Waals surface area contributed by atoms with Crippen LogP contribution in [-0.2, 0) is 11.3 Å². The zero-order chi connectivity index (χ0) is 17.8. The Kier molecular flexibility index (Phi) is 5.54. The van der Waals surface area contributed by atoms with Gasteiger partial charge in [0.15, 0.2) is 0 Å². The van der Waals surface area contributed by atoms with Crippen molar-refractivity contribution in [3.05, 3.63) is 48.0 Å². The van der Waals surface area contributed by atoms with Crippen molar-refractivity contribution >= 4 is 16.7 Å². The molecule has 2 aliphatic rings. The Bertz CT molecular complexity index is 743. The van der Waals surface area contributed by atoms with E-state index in [-0.39, 0.29) is 5.92 Å². The minimum absolute atomic E-state index is 0.229. The highest BCUT2D eigenvalue weighted by molar-refractivity contribution is 5.85. The van der Waals surface area contributed by atoms with Crippen LogP contribution in [-0.4, -0.2) is 37.0 Å². The number of carbonyl (C=O) groups is 1. The first-order chi connectivity index (χ1) is 12.8. The summed E-state index contributed by atoms with van der Waals surface area (Å²) in [5, 5.41) is 2.68. The zero-order valence-electron chi connectivity index (χ0n) is 15.8. The topological polar surface area (TPSA) is 24.8 Å². The van der Waals surface area contributed by atoms with Gasteiger partial charge in [0.1, 0.15) is 6.54 Å². The Balaban J connectivity index is 1.44. The second kappa shape index (κ2) is 8.22. The lowest BCUT2D eigenvalue weighted by Gasteiger charge is -2.32. The number of piperidine rings is 1. The maximum Gasteiger partial charge on any atom is 0.231 e. The quantitative estimate of drug-likeness (QED) is 0.903. The average Bonchev–Trinajstić information content (AvgIpc) is 2.97. The van der Waals surface area contributed by atoms with E-state index in [1.807, 2.05) is 0 Å². The van der Waals surface area contributed by atoms with Crippen LogP contribution < -0.4 is 4.90 Å². The molecule has 1 amide bonds. The minimum Gasteiger partial charge on any atom is -0.342 e. The van der Waals surface area contributed by atoms with Gasteiger partial charge in [-0.15, -0.1) is 0 Å². The van der Waals surface area contributed by atoms with Crippen molar-refractivity contribution in [1.29, 1.82) is 0 Å². The van der Waals surface area contributed by atoms with E-state index in [9.17, 15) is 4.79 Å². The van der Waals surface area contributed by atoms with Gasteiger partial charge in [0.25, 0.3) is 0 Å². The highest BCUT2D eigenvalue weighted by atomic mass is 16.2. The lowest BCUT2D eigenvalue weighted by Crippen LogP contribution is -3.12. The number of likely N-dealkylation sites (tertiary alicyclic amines) is 2. The van der Waals surface area contributed by atoms with E-state index < -0.39 is 0 Å². The van der Waals surface area contributed by atoms with Gasteiger partial charge in [-0.3, -0.25) is 4.79 Å². The van der Waals surface area contributed by atoms with Gasteiger partial charge in [-0.05, 0) is 36.5 Å². The summed E-state index contributed by atoms with van der Waals surface area (Å²) in [6.45, 7) is 5.18. The lowest BCUT2D eigenvalue weighted by atomic mass is 9.95.